The van der Waals surface area contributed by atoms with Crippen molar-refractivity contribution in [2.24, 2.45) is 0 Å². The summed E-state index contributed by atoms with van der Waals surface area (Å²) in [4.78, 5) is 2.31. The minimum absolute atomic E-state index is 0.798. The Bertz CT molecular complexity index is 425. The summed E-state index contributed by atoms with van der Waals surface area (Å²) >= 11 is 0. The molecule has 1 aromatic carbocycles. The fourth-order valence-electron chi connectivity index (χ4n) is 1.87. The molecule has 1 N–H and O–H groups in total. The second-order valence-corrected chi connectivity index (χ2v) is 4.48. The summed E-state index contributed by atoms with van der Waals surface area (Å²) in [5, 5.41) is 3.37. The summed E-state index contributed by atoms with van der Waals surface area (Å²) in [7, 11) is 2.14. The Balaban J connectivity index is 1.62. The first-order chi connectivity index (χ1) is 8.84. The van der Waals surface area contributed by atoms with Crippen LogP contribution in [0.1, 0.15) is 11.3 Å². The van der Waals surface area contributed by atoms with E-state index < -0.39 is 0 Å². The molecular weight excluding hydrogens is 224 g/mol. The summed E-state index contributed by atoms with van der Waals surface area (Å²) < 4.78 is 5.26. The summed E-state index contributed by atoms with van der Waals surface area (Å²) in [5.41, 5.74) is 1.35. The third-order valence-corrected chi connectivity index (χ3v) is 2.84. The Labute approximate surface area is 108 Å². The normalized spacial score (nSPS) is 11.0. The highest BCUT2D eigenvalue weighted by Gasteiger charge is 2.00. The topological polar surface area (TPSA) is 28.4 Å². The summed E-state index contributed by atoms with van der Waals surface area (Å²) in [6.07, 6.45) is 1.71. The van der Waals surface area contributed by atoms with E-state index in [0.29, 0.717) is 0 Å². The molecule has 0 aliphatic heterocycles. The maximum absolute atomic E-state index is 5.26. The zero-order valence-corrected chi connectivity index (χ0v) is 10.8. The highest BCUT2D eigenvalue weighted by Crippen LogP contribution is 2.02. The van der Waals surface area contributed by atoms with Gasteiger partial charge in [-0.25, -0.2) is 0 Å². The Morgan fingerprint density at radius 2 is 1.94 bits per heavy atom. The molecular formula is C15H20N2O. The third-order valence-electron chi connectivity index (χ3n) is 2.84. The standard InChI is InChI=1S/C15H20N2O/c1-17(13-14-6-3-2-4-7-14)10-9-16-12-15-8-5-11-18-15/h2-8,11,16H,9-10,12-13H2,1H3. The molecule has 0 amide bonds. The second-order valence-electron chi connectivity index (χ2n) is 4.48. The van der Waals surface area contributed by atoms with Gasteiger partial charge in [0.1, 0.15) is 5.76 Å². The molecule has 0 atom stereocenters. The summed E-state index contributed by atoms with van der Waals surface area (Å²) in [6.45, 7) is 3.77. The van der Waals surface area contributed by atoms with Gasteiger partial charge in [0.05, 0.1) is 12.8 Å². The van der Waals surface area contributed by atoms with Crippen molar-refractivity contribution in [3.05, 3.63) is 60.1 Å². The maximum Gasteiger partial charge on any atom is 0.117 e. The van der Waals surface area contributed by atoms with Gasteiger partial charge in [-0.1, -0.05) is 30.3 Å². The number of furan rings is 1. The lowest BCUT2D eigenvalue weighted by molar-refractivity contribution is 0.321. The van der Waals surface area contributed by atoms with Crippen LogP contribution in [0.4, 0.5) is 0 Å². The number of rotatable bonds is 7. The summed E-state index contributed by atoms with van der Waals surface area (Å²) in [6, 6.07) is 14.4. The van der Waals surface area contributed by atoms with Gasteiger partial charge in [0.25, 0.3) is 0 Å². The summed E-state index contributed by atoms with van der Waals surface area (Å²) in [5.74, 6) is 0.987. The average Bonchev–Trinajstić information content (AvgIpc) is 2.89. The smallest absolute Gasteiger partial charge is 0.117 e. The van der Waals surface area contributed by atoms with E-state index in [1.54, 1.807) is 6.26 Å². The van der Waals surface area contributed by atoms with Crippen molar-refractivity contribution >= 4 is 0 Å². The van der Waals surface area contributed by atoms with E-state index in [4.69, 9.17) is 4.42 Å². The Kier molecular flexibility index (Phi) is 5.00. The Hall–Kier alpha value is -1.58. The molecule has 96 valence electrons. The van der Waals surface area contributed by atoms with Crippen LogP contribution >= 0.6 is 0 Å². The lowest BCUT2D eigenvalue weighted by Gasteiger charge is -2.16. The van der Waals surface area contributed by atoms with Crippen LogP contribution in [-0.4, -0.2) is 25.0 Å². The largest absolute Gasteiger partial charge is 0.468 e. The molecule has 0 saturated carbocycles. The molecule has 1 heterocycles. The van der Waals surface area contributed by atoms with Crippen molar-refractivity contribution in [1.82, 2.24) is 10.2 Å². The van der Waals surface area contributed by atoms with Gasteiger partial charge in [-0.3, -0.25) is 0 Å². The van der Waals surface area contributed by atoms with Crippen molar-refractivity contribution in [3.8, 4) is 0 Å². The Morgan fingerprint density at radius 1 is 1.11 bits per heavy atom. The zero-order valence-electron chi connectivity index (χ0n) is 10.8. The first-order valence-corrected chi connectivity index (χ1v) is 6.30. The van der Waals surface area contributed by atoms with Gasteiger partial charge in [0.2, 0.25) is 0 Å². The van der Waals surface area contributed by atoms with Crippen LogP contribution < -0.4 is 5.32 Å². The number of hydrogen-bond acceptors (Lipinski definition) is 3. The number of nitrogens with one attached hydrogen (secondary N) is 1. The fourth-order valence-corrected chi connectivity index (χ4v) is 1.87. The van der Waals surface area contributed by atoms with E-state index in [1.807, 2.05) is 12.1 Å². The molecule has 2 aromatic rings. The van der Waals surface area contributed by atoms with E-state index in [2.05, 4.69) is 47.6 Å². The first-order valence-electron chi connectivity index (χ1n) is 6.30. The lowest BCUT2D eigenvalue weighted by atomic mass is 10.2. The van der Waals surface area contributed by atoms with E-state index in [-0.39, 0.29) is 0 Å². The number of benzene rings is 1. The molecule has 0 aliphatic carbocycles. The van der Waals surface area contributed by atoms with E-state index in [1.165, 1.54) is 5.56 Å². The predicted molar refractivity (Wildman–Crippen MR) is 73.2 cm³/mol. The molecule has 0 spiro atoms. The predicted octanol–water partition coefficient (Wildman–Crippen LogP) is 2.50. The van der Waals surface area contributed by atoms with E-state index in [9.17, 15) is 0 Å². The van der Waals surface area contributed by atoms with Gasteiger partial charge in [0.15, 0.2) is 0 Å². The molecule has 3 nitrogen and oxygen atoms in total. The van der Waals surface area contributed by atoms with E-state index >= 15 is 0 Å². The monoisotopic (exact) mass is 244 g/mol. The van der Waals surface area contributed by atoms with Gasteiger partial charge >= 0.3 is 0 Å². The number of nitrogens with zero attached hydrogens (tertiary/aromatic N) is 1. The van der Waals surface area contributed by atoms with Crippen LogP contribution in [-0.2, 0) is 13.1 Å². The van der Waals surface area contributed by atoms with Crippen molar-refractivity contribution in [2.75, 3.05) is 20.1 Å². The molecule has 0 aliphatic rings. The first kappa shape index (κ1) is 12.9. The van der Waals surface area contributed by atoms with Crippen LogP contribution in [0.5, 0.6) is 0 Å². The van der Waals surface area contributed by atoms with Crippen molar-refractivity contribution < 1.29 is 4.42 Å². The molecule has 0 saturated heterocycles. The van der Waals surface area contributed by atoms with Crippen LogP contribution in [0.25, 0.3) is 0 Å². The molecule has 0 radical (unpaired) electrons. The highest BCUT2D eigenvalue weighted by molar-refractivity contribution is 5.14. The minimum atomic E-state index is 0.798. The fraction of sp³-hybridized carbons (Fsp3) is 0.333. The van der Waals surface area contributed by atoms with Crippen LogP contribution in [0.3, 0.4) is 0 Å². The molecule has 2 rings (SSSR count). The van der Waals surface area contributed by atoms with Gasteiger partial charge in [-0.05, 0) is 24.7 Å². The van der Waals surface area contributed by atoms with Crippen LogP contribution in [0, 0.1) is 0 Å². The lowest BCUT2D eigenvalue weighted by Crippen LogP contribution is -2.28. The van der Waals surface area contributed by atoms with Crippen molar-refractivity contribution in [1.29, 1.82) is 0 Å². The second kappa shape index (κ2) is 6.99. The average molecular weight is 244 g/mol. The maximum atomic E-state index is 5.26. The molecule has 0 bridgehead atoms. The molecule has 1 aromatic heterocycles. The van der Waals surface area contributed by atoms with Crippen molar-refractivity contribution in [2.45, 2.75) is 13.1 Å². The minimum Gasteiger partial charge on any atom is -0.468 e. The van der Waals surface area contributed by atoms with Crippen LogP contribution in [0.15, 0.2) is 53.1 Å². The van der Waals surface area contributed by atoms with Crippen molar-refractivity contribution in [3.63, 3.8) is 0 Å². The SMILES string of the molecule is CN(CCNCc1ccco1)Cc1ccccc1. The van der Waals surface area contributed by atoms with Gasteiger partial charge in [-0.15, -0.1) is 0 Å². The molecule has 18 heavy (non-hydrogen) atoms. The third kappa shape index (κ3) is 4.35. The Morgan fingerprint density at radius 3 is 2.67 bits per heavy atom. The van der Waals surface area contributed by atoms with E-state index in [0.717, 1.165) is 31.9 Å². The number of likely N-dealkylation sites (N-methyl/N-ethyl adjacent to an activating group) is 1. The quantitative estimate of drug-likeness (QED) is 0.759. The van der Waals surface area contributed by atoms with Crippen LogP contribution in [0.2, 0.25) is 0 Å². The van der Waals surface area contributed by atoms with Gasteiger partial charge < -0.3 is 14.6 Å². The highest BCUT2D eigenvalue weighted by atomic mass is 16.3. The zero-order chi connectivity index (χ0) is 12.6. The number of hydrogen-bond donors (Lipinski definition) is 1. The van der Waals surface area contributed by atoms with Gasteiger partial charge in [0, 0.05) is 19.6 Å². The molecule has 0 fully saturated rings. The molecule has 3 heteroatoms. The van der Waals surface area contributed by atoms with Gasteiger partial charge in [-0.2, -0.15) is 0 Å². The molecule has 0 unspecified atom stereocenters.